The van der Waals surface area contributed by atoms with Crippen molar-refractivity contribution in [1.82, 2.24) is 9.97 Å². The number of aromatic nitrogens is 2. The van der Waals surface area contributed by atoms with E-state index in [1.807, 2.05) is 18.5 Å². The second-order valence-corrected chi connectivity index (χ2v) is 11.8. The minimum atomic E-state index is -2.31. The molecule has 0 radical (unpaired) electrons. The first kappa shape index (κ1) is 18.3. The summed E-state index contributed by atoms with van der Waals surface area (Å²) in [5, 5.41) is 4.20. The number of benzene rings is 3. The zero-order valence-electron chi connectivity index (χ0n) is 16.3. The van der Waals surface area contributed by atoms with Crippen molar-refractivity contribution in [2.45, 2.75) is 19.4 Å². The lowest BCUT2D eigenvalue weighted by atomic mass is 10.2. The first-order chi connectivity index (χ1) is 13.7. The van der Waals surface area contributed by atoms with Crippen LogP contribution in [0.5, 0.6) is 0 Å². The maximum Gasteiger partial charge on any atom is 0.158 e. The highest BCUT2D eigenvalue weighted by Gasteiger charge is 2.43. The molecule has 2 nitrogen and oxygen atoms in total. The van der Waals surface area contributed by atoms with Crippen LogP contribution in [0, 0.1) is 0 Å². The Balaban J connectivity index is 2.09. The number of rotatable bonds is 5. The van der Waals surface area contributed by atoms with Gasteiger partial charge in [0.1, 0.15) is 0 Å². The SMILES string of the molecule is CC(C)[Si](c1ccccc1)(c1ccccc1)c1ccccc1-c1ncccn1. The van der Waals surface area contributed by atoms with Crippen LogP contribution in [-0.2, 0) is 0 Å². The van der Waals surface area contributed by atoms with E-state index in [1.165, 1.54) is 15.6 Å². The van der Waals surface area contributed by atoms with Gasteiger partial charge in [-0.25, -0.2) is 9.97 Å². The molecule has 0 aliphatic heterocycles. The van der Waals surface area contributed by atoms with Gasteiger partial charge in [0.15, 0.2) is 13.9 Å². The summed E-state index contributed by atoms with van der Waals surface area (Å²) < 4.78 is 0. The molecule has 0 amide bonds. The second kappa shape index (κ2) is 7.91. The fourth-order valence-corrected chi connectivity index (χ4v) is 9.64. The molecule has 0 bridgehead atoms. The molecule has 3 aromatic carbocycles. The van der Waals surface area contributed by atoms with E-state index in [-0.39, 0.29) is 0 Å². The van der Waals surface area contributed by atoms with Crippen molar-refractivity contribution in [1.29, 1.82) is 0 Å². The Labute approximate surface area is 168 Å². The van der Waals surface area contributed by atoms with Crippen molar-refractivity contribution in [2.75, 3.05) is 0 Å². The van der Waals surface area contributed by atoms with E-state index in [2.05, 4.69) is 109 Å². The topological polar surface area (TPSA) is 25.8 Å². The molecule has 0 atom stereocenters. The van der Waals surface area contributed by atoms with Gasteiger partial charge in [-0.05, 0) is 27.2 Å². The lowest BCUT2D eigenvalue weighted by Crippen LogP contribution is -2.69. The molecule has 0 aliphatic rings. The normalized spacial score (nSPS) is 11.5. The average Bonchev–Trinajstić information content (AvgIpc) is 2.77. The molecule has 28 heavy (non-hydrogen) atoms. The third-order valence-corrected chi connectivity index (χ3v) is 11.0. The Morgan fingerprint density at radius 1 is 0.607 bits per heavy atom. The highest BCUT2D eigenvalue weighted by atomic mass is 28.3. The smallest absolute Gasteiger partial charge is 0.158 e. The van der Waals surface area contributed by atoms with Crippen molar-refractivity contribution in [3.63, 3.8) is 0 Å². The van der Waals surface area contributed by atoms with E-state index >= 15 is 0 Å². The van der Waals surface area contributed by atoms with Crippen LogP contribution in [0.25, 0.3) is 11.4 Å². The number of nitrogens with zero attached hydrogens (tertiary/aromatic N) is 2. The Kier molecular flexibility index (Phi) is 5.18. The minimum absolute atomic E-state index is 0.460. The molecule has 0 spiro atoms. The summed E-state index contributed by atoms with van der Waals surface area (Å²) in [6.07, 6.45) is 3.64. The zero-order valence-corrected chi connectivity index (χ0v) is 17.3. The van der Waals surface area contributed by atoms with Gasteiger partial charge in [0.05, 0.1) is 0 Å². The van der Waals surface area contributed by atoms with Crippen LogP contribution in [0.2, 0.25) is 5.54 Å². The first-order valence-electron chi connectivity index (χ1n) is 9.72. The van der Waals surface area contributed by atoms with Crippen LogP contribution in [-0.4, -0.2) is 18.0 Å². The van der Waals surface area contributed by atoms with Crippen LogP contribution in [0.3, 0.4) is 0 Å². The highest BCUT2D eigenvalue weighted by Crippen LogP contribution is 2.25. The molecule has 4 rings (SSSR count). The fraction of sp³-hybridized carbons (Fsp3) is 0.120. The Hall–Kier alpha value is -3.04. The molecule has 138 valence electrons. The van der Waals surface area contributed by atoms with Gasteiger partial charge in [0.25, 0.3) is 0 Å². The maximum absolute atomic E-state index is 4.58. The van der Waals surface area contributed by atoms with Crippen LogP contribution in [0.1, 0.15) is 13.8 Å². The fourth-order valence-electron chi connectivity index (χ4n) is 4.32. The van der Waals surface area contributed by atoms with Crippen molar-refractivity contribution in [2.24, 2.45) is 0 Å². The van der Waals surface area contributed by atoms with Crippen LogP contribution < -0.4 is 15.6 Å². The molecule has 0 fully saturated rings. The molecule has 0 saturated carbocycles. The molecular formula is C25H24N2Si. The summed E-state index contributed by atoms with van der Waals surface area (Å²) in [6, 6.07) is 32.6. The first-order valence-corrected chi connectivity index (χ1v) is 11.8. The number of hydrogen-bond acceptors (Lipinski definition) is 2. The van der Waals surface area contributed by atoms with Gasteiger partial charge in [-0.15, -0.1) is 0 Å². The molecule has 0 saturated heterocycles. The summed E-state index contributed by atoms with van der Waals surface area (Å²) in [6.45, 7) is 4.71. The highest BCUT2D eigenvalue weighted by molar-refractivity contribution is 7.12. The zero-order chi connectivity index (χ0) is 19.4. The molecule has 1 heterocycles. The van der Waals surface area contributed by atoms with Gasteiger partial charge in [-0.3, -0.25) is 0 Å². The monoisotopic (exact) mass is 380 g/mol. The van der Waals surface area contributed by atoms with Gasteiger partial charge < -0.3 is 0 Å². The molecule has 3 heteroatoms. The maximum atomic E-state index is 4.58. The molecule has 0 N–H and O–H groups in total. The minimum Gasteiger partial charge on any atom is -0.237 e. The van der Waals surface area contributed by atoms with Gasteiger partial charge in [-0.2, -0.15) is 0 Å². The number of hydrogen-bond donors (Lipinski definition) is 0. The third-order valence-electron chi connectivity index (χ3n) is 5.48. The van der Waals surface area contributed by atoms with E-state index in [9.17, 15) is 0 Å². The van der Waals surface area contributed by atoms with Crippen molar-refractivity contribution < 1.29 is 0 Å². The Bertz CT molecular complexity index is 992. The van der Waals surface area contributed by atoms with Gasteiger partial charge in [0, 0.05) is 18.0 Å². The Morgan fingerprint density at radius 2 is 1.11 bits per heavy atom. The quantitative estimate of drug-likeness (QED) is 0.386. The lowest BCUT2D eigenvalue weighted by molar-refractivity contribution is 1.04. The van der Waals surface area contributed by atoms with Crippen molar-refractivity contribution in [3.05, 3.63) is 103 Å². The van der Waals surface area contributed by atoms with E-state index in [0.29, 0.717) is 5.54 Å². The van der Waals surface area contributed by atoms with Crippen LogP contribution >= 0.6 is 0 Å². The summed E-state index contributed by atoms with van der Waals surface area (Å²) in [4.78, 5) is 9.16. The van der Waals surface area contributed by atoms with Crippen LogP contribution in [0.15, 0.2) is 103 Å². The van der Waals surface area contributed by atoms with E-state index < -0.39 is 8.07 Å². The summed E-state index contributed by atoms with van der Waals surface area (Å²) in [7, 11) is -2.31. The molecular weight excluding hydrogens is 356 g/mol. The molecule has 4 aromatic rings. The van der Waals surface area contributed by atoms with E-state index in [4.69, 9.17) is 0 Å². The van der Waals surface area contributed by atoms with E-state index in [0.717, 1.165) is 11.4 Å². The standard InChI is InChI=1S/C25H24N2Si/c1-20(2)28(21-12-5-3-6-13-21,22-14-7-4-8-15-22)24-17-10-9-16-23(24)25-26-18-11-19-27-25/h3-20H,1-2H3. The van der Waals surface area contributed by atoms with Gasteiger partial charge in [-0.1, -0.05) is 98.8 Å². The summed E-state index contributed by atoms with van der Waals surface area (Å²) in [5.41, 5.74) is 1.60. The van der Waals surface area contributed by atoms with E-state index in [1.54, 1.807) is 0 Å². The Morgan fingerprint density at radius 3 is 1.64 bits per heavy atom. The molecule has 0 unspecified atom stereocenters. The predicted octanol–water partition coefficient (Wildman–Crippen LogP) is 4.02. The van der Waals surface area contributed by atoms with Crippen molar-refractivity contribution >= 4 is 23.6 Å². The van der Waals surface area contributed by atoms with Gasteiger partial charge >= 0.3 is 0 Å². The van der Waals surface area contributed by atoms with Crippen LogP contribution in [0.4, 0.5) is 0 Å². The molecule has 0 aliphatic carbocycles. The van der Waals surface area contributed by atoms with Gasteiger partial charge in [0.2, 0.25) is 0 Å². The average molecular weight is 381 g/mol. The molecule has 1 aromatic heterocycles. The summed E-state index contributed by atoms with van der Waals surface area (Å²) in [5.74, 6) is 0.794. The second-order valence-electron chi connectivity index (χ2n) is 7.31. The largest absolute Gasteiger partial charge is 0.237 e. The third kappa shape index (κ3) is 3.08. The lowest BCUT2D eigenvalue weighted by Gasteiger charge is -2.38. The predicted molar refractivity (Wildman–Crippen MR) is 120 cm³/mol. The summed E-state index contributed by atoms with van der Waals surface area (Å²) >= 11 is 0. The van der Waals surface area contributed by atoms with Crippen molar-refractivity contribution in [3.8, 4) is 11.4 Å².